The number of phenolic OH excluding ortho intramolecular Hbond substituents is 1. The lowest BCUT2D eigenvalue weighted by molar-refractivity contribution is 0.0968. The number of aromatic hydroxyl groups is 1. The SMILES string of the molecule is CNC1CCCN(c2ccc(Nc3c(C(=O)C4CC4)cnc4ccc(-c5cc(Cl)c(O)c(Cl)c5)cc34)cn2)C1.Cl.Cl.Cl. The second-order valence-corrected chi connectivity index (χ2v) is 11.1. The van der Waals surface area contributed by atoms with Gasteiger partial charge in [-0.05, 0) is 80.3 Å². The average Bonchev–Trinajstić information content (AvgIpc) is 3.81. The molecule has 2 aromatic heterocycles. The minimum absolute atomic E-state index is 0. The highest BCUT2D eigenvalue weighted by Crippen LogP contribution is 2.40. The van der Waals surface area contributed by atoms with Crippen molar-refractivity contribution >= 4 is 94.3 Å². The number of likely N-dealkylation sites (N-methyl/N-ethyl adjacent to an activating group) is 1. The normalized spacial score (nSPS) is 16.2. The molecular weight excluding hydrogens is 640 g/mol. The monoisotopic (exact) mass is 669 g/mol. The van der Waals surface area contributed by atoms with E-state index in [4.69, 9.17) is 28.2 Å². The molecule has 2 aliphatic rings. The van der Waals surface area contributed by atoms with Crippen LogP contribution in [0.2, 0.25) is 10.0 Å². The summed E-state index contributed by atoms with van der Waals surface area (Å²) in [6.07, 6.45) is 7.60. The van der Waals surface area contributed by atoms with E-state index in [2.05, 4.69) is 20.5 Å². The van der Waals surface area contributed by atoms with Crippen LogP contribution in [0, 0.1) is 5.92 Å². The molecule has 12 heteroatoms. The second kappa shape index (κ2) is 14.3. The summed E-state index contributed by atoms with van der Waals surface area (Å²) in [5, 5.41) is 18.0. The molecule has 42 heavy (non-hydrogen) atoms. The number of piperidine rings is 1. The summed E-state index contributed by atoms with van der Waals surface area (Å²) in [5.41, 5.74) is 4.41. The number of rotatable bonds is 7. The number of phenols is 1. The summed E-state index contributed by atoms with van der Waals surface area (Å²) in [5.74, 6) is 0.940. The van der Waals surface area contributed by atoms with Crippen molar-refractivity contribution < 1.29 is 9.90 Å². The van der Waals surface area contributed by atoms with Crippen LogP contribution < -0.4 is 15.5 Å². The van der Waals surface area contributed by atoms with Gasteiger partial charge in [0.1, 0.15) is 5.82 Å². The van der Waals surface area contributed by atoms with Gasteiger partial charge in [0.15, 0.2) is 11.5 Å². The average molecular weight is 672 g/mol. The molecule has 2 aromatic carbocycles. The van der Waals surface area contributed by atoms with Crippen molar-refractivity contribution in [2.24, 2.45) is 5.92 Å². The summed E-state index contributed by atoms with van der Waals surface area (Å²) in [6.45, 7) is 1.92. The molecule has 0 spiro atoms. The van der Waals surface area contributed by atoms with Crippen molar-refractivity contribution in [3.8, 4) is 16.9 Å². The number of benzene rings is 2. The van der Waals surface area contributed by atoms with E-state index in [1.165, 1.54) is 6.42 Å². The third-order valence-electron chi connectivity index (χ3n) is 7.60. The molecular formula is C30H32Cl5N5O2. The Morgan fingerprint density at radius 3 is 2.33 bits per heavy atom. The number of nitrogens with one attached hydrogen (secondary N) is 2. The fraction of sp³-hybridized carbons (Fsp3) is 0.300. The molecule has 3 heterocycles. The highest BCUT2D eigenvalue weighted by molar-refractivity contribution is 6.37. The van der Waals surface area contributed by atoms with Gasteiger partial charge in [-0.3, -0.25) is 9.78 Å². The number of aromatic nitrogens is 2. The number of hydrogen-bond donors (Lipinski definition) is 3. The van der Waals surface area contributed by atoms with Crippen LogP contribution in [0.25, 0.3) is 22.0 Å². The van der Waals surface area contributed by atoms with Gasteiger partial charge in [-0.1, -0.05) is 29.3 Å². The topological polar surface area (TPSA) is 90.4 Å². The number of anilines is 3. The molecule has 0 radical (unpaired) electrons. The number of nitrogens with zero attached hydrogens (tertiary/aromatic N) is 3. The van der Waals surface area contributed by atoms with Crippen LogP contribution in [0.3, 0.4) is 0 Å². The van der Waals surface area contributed by atoms with Crippen LogP contribution in [-0.2, 0) is 0 Å². The van der Waals surface area contributed by atoms with Crippen LogP contribution in [0.5, 0.6) is 5.75 Å². The van der Waals surface area contributed by atoms with Crippen LogP contribution in [0.15, 0.2) is 54.9 Å². The van der Waals surface area contributed by atoms with Gasteiger partial charge in [0.2, 0.25) is 0 Å². The number of carbonyl (C=O) groups excluding carboxylic acids is 1. The van der Waals surface area contributed by atoms with E-state index < -0.39 is 0 Å². The molecule has 1 saturated carbocycles. The van der Waals surface area contributed by atoms with Gasteiger partial charge in [0, 0.05) is 36.6 Å². The van der Waals surface area contributed by atoms with Crippen molar-refractivity contribution in [1.29, 1.82) is 0 Å². The largest absolute Gasteiger partial charge is 0.505 e. The first-order valence-corrected chi connectivity index (χ1v) is 14.0. The van der Waals surface area contributed by atoms with Gasteiger partial charge < -0.3 is 20.6 Å². The zero-order valence-corrected chi connectivity index (χ0v) is 26.7. The molecule has 1 aliphatic carbocycles. The number of halogens is 5. The maximum absolute atomic E-state index is 13.3. The van der Waals surface area contributed by atoms with Gasteiger partial charge >= 0.3 is 0 Å². The summed E-state index contributed by atoms with van der Waals surface area (Å²) in [7, 11) is 2.00. The smallest absolute Gasteiger partial charge is 0.169 e. The molecule has 1 unspecified atom stereocenters. The number of pyridine rings is 2. The van der Waals surface area contributed by atoms with E-state index in [0.717, 1.165) is 65.9 Å². The van der Waals surface area contributed by atoms with Gasteiger partial charge in [-0.2, -0.15) is 0 Å². The lowest BCUT2D eigenvalue weighted by Gasteiger charge is -2.33. The van der Waals surface area contributed by atoms with Gasteiger partial charge in [-0.15, -0.1) is 37.2 Å². The third-order valence-corrected chi connectivity index (χ3v) is 8.18. The molecule has 1 aliphatic heterocycles. The van der Waals surface area contributed by atoms with Gasteiger partial charge in [0.25, 0.3) is 0 Å². The Bertz CT molecular complexity index is 1540. The first-order chi connectivity index (χ1) is 18.9. The number of fused-ring (bicyclic) bond motifs is 1. The Hall–Kier alpha value is -2.52. The minimum Gasteiger partial charge on any atom is -0.505 e. The first kappa shape index (κ1) is 34.0. The standard InChI is InChI=1S/C30H29Cl2N5O2.3ClH/c1-33-21-3-2-10-37(16-21)27-9-7-20(14-35-27)36-28-22-11-18(19-12-24(31)30(39)25(32)13-19)6-8-26(22)34-15-23(28)29(38)17-4-5-17;;;/h6-9,11-15,17,21,33,39H,2-5,10,16H2,1H3,(H,34,36);3*1H. The lowest BCUT2D eigenvalue weighted by Crippen LogP contribution is -2.44. The Kier molecular flexibility index (Phi) is 11.6. The number of ketones is 1. The van der Waals surface area contributed by atoms with Crippen molar-refractivity contribution in [3.05, 3.63) is 70.5 Å². The Balaban J connectivity index is 0.00000161. The highest BCUT2D eigenvalue weighted by Gasteiger charge is 2.32. The molecule has 1 atom stereocenters. The molecule has 0 bridgehead atoms. The number of carbonyl (C=O) groups is 1. The lowest BCUT2D eigenvalue weighted by atomic mass is 9.99. The van der Waals surface area contributed by atoms with Crippen LogP contribution in [-0.4, -0.2) is 47.0 Å². The zero-order chi connectivity index (χ0) is 27.1. The Morgan fingerprint density at radius 2 is 1.69 bits per heavy atom. The Labute approximate surface area is 273 Å². The summed E-state index contributed by atoms with van der Waals surface area (Å²) in [6, 6.07) is 13.6. The first-order valence-electron chi connectivity index (χ1n) is 13.2. The van der Waals surface area contributed by atoms with Crippen molar-refractivity contribution in [3.63, 3.8) is 0 Å². The zero-order valence-electron chi connectivity index (χ0n) is 22.8. The summed E-state index contributed by atoms with van der Waals surface area (Å²) < 4.78 is 0. The molecule has 0 amide bonds. The fourth-order valence-corrected chi connectivity index (χ4v) is 5.69. The molecule has 1 saturated heterocycles. The molecule has 6 rings (SSSR count). The van der Waals surface area contributed by atoms with Crippen molar-refractivity contribution in [1.82, 2.24) is 15.3 Å². The van der Waals surface area contributed by atoms with Crippen molar-refractivity contribution in [2.75, 3.05) is 30.4 Å². The van der Waals surface area contributed by atoms with Gasteiger partial charge in [-0.25, -0.2) is 4.98 Å². The minimum atomic E-state index is -0.147. The molecule has 7 nitrogen and oxygen atoms in total. The van der Waals surface area contributed by atoms with E-state index in [1.807, 2.05) is 43.6 Å². The molecule has 224 valence electrons. The van der Waals surface area contributed by atoms with E-state index in [9.17, 15) is 9.90 Å². The summed E-state index contributed by atoms with van der Waals surface area (Å²) in [4.78, 5) is 24.9. The quantitative estimate of drug-likeness (QED) is 0.171. The molecule has 3 N–H and O–H groups in total. The van der Waals surface area contributed by atoms with E-state index in [0.29, 0.717) is 17.3 Å². The number of hydrogen-bond acceptors (Lipinski definition) is 7. The predicted octanol–water partition coefficient (Wildman–Crippen LogP) is 8.10. The van der Waals surface area contributed by atoms with E-state index >= 15 is 0 Å². The third kappa shape index (κ3) is 6.99. The van der Waals surface area contributed by atoms with Crippen molar-refractivity contribution in [2.45, 2.75) is 31.7 Å². The molecule has 4 aromatic rings. The predicted molar refractivity (Wildman–Crippen MR) is 179 cm³/mol. The maximum Gasteiger partial charge on any atom is 0.169 e. The summed E-state index contributed by atoms with van der Waals surface area (Å²) >= 11 is 12.4. The van der Waals surface area contributed by atoms with Crippen LogP contribution >= 0.6 is 60.4 Å². The number of Topliss-reactive ketones (excluding diaryl/α,β-unsaturated/α-hetero) is 1. The molecule has 2 fully saturated rings. The van der Waals surface area contributed by atoms with E-state index in [1.54, 1.807) is 18.3 Å². The maximum atomic E-state index is 13.3. The highest BCUT2D eigenvalue weighted by atomic mass is 35.5. The second-order valence-electron chi connectivity index (χ2n) is 10.3. The van der Waals surface area contributed by atoms with Crippen LogP contribution in [0.1, 0.15) is 36.0 Å². The van der Waals surface area contributed by atoms with Crippen LogP contribution in [0.4, 0.5) is 17.2 Å². The fourth-order valence-electron chi connectivity index (χ4n) is 5.20. The van der Waals surface area contributed by atoms with E-state index in [-0.39, 0.29) is 64.7 Å². The van der Waals surface area contributed by atoms with Gasteiger partial charge in [0.05, 0.1) is 38.7 Å². The Morgan fingerprint density at radius 1 is 0.952 bits per heavy atom.